The van der Waals surface area contributed by atoms with Crippen molar-refractivity contribution >= 4 is 0 Å². The van der Waals surface area contributed by atoms with Gasteiger partial charge in [0.15, 0.2) is 0 Å². The van der Waals surface area contributed by atoms with Gasteiger partial charge >= 0.3 is 0 Å². The third kappa shape index (κ3) is 2.25. The molecule has 0 fully saturated rings. The van der Waals surface area contributed by atoms with Gasteiger partial charge in [0.1, 0.15) is 6.33 Å². The van der Waals surface area contributed by atoms with Gasteiger partial charge in [-0.1, -0.05) is 48.5 Å². The molecule has 0 saturated carbocycles. The molecule has 0 aliphatic rings. The quantitative estimate of drug-likeness (QED) is 0.679. The SMILES string of the molecule is Cc1c(-c2ccccc2)cccc1-c1cncnc1. The number of hydrogen-bond acceptors (Lipinski definition) is 2. The van der Waals surface area contributed by atoms with Crippen molar-refractivity contribution in [1.82, 2.24) is 9.97 Å². The van der Waals surface area contributed by atoms with Crippen molar-refractivity contribution in [2.45, 2.75) is 6.92 Å². The Bertz CT molecular complexity index is 618. The van der Waals surface area contributed by atoms with Crippen LogP contribution in [0.15, 0.2) is 67.3 Å². The molecule has 0 radical (unpaired) electrons. The Labute approximate surface area is 112 Å². The van der Waals surface area contributed by atoms with E-state index in [-0.39, 0.29) is 0 Å². The fraction of sp³-hybridized carbons (Fsp3) is 0.0588. The van der Waals surface area contributed by atoms with Gasteiger partial charge in [0, 0.05) is 18.0 Å². The van der Waals surface area contributed by atoms with Gasteiger partial charge in [-0.3, -0.25) is 0 Å². The van der Waals surface area contributed by atoms with Gasteiger partial charge in [0.25, 0.3) is 0 Å². The second-order valence-electron chi connectivity index (χ2n) is 4.47. The molecule has 19 heavy (non-hydrogen) atoms. The van der Waals surface area contributed by atoms with Crippen LogP contribution in [-0.2, 0) is 0 Å². The van der Waals surface area contributed by atoms with Crippen molar-refractivity contribution in [2.24, 2.45) is 0 Å². The fourth-order valence-corrected chi connectivity index (χ4v) is 2.32. The van der Waals surface area contributed by atoms with E-state index in [1.807, 2.05) is 18.5 Å². The van der Waals surface area contributed by atoms with Crippen LogP contribution >= 0.6 is 0 Å². The summed E-state index contributed by atoms with van der Waals surface area (Å²) in [6.45, 7) is 2.14. The van der Waals surface area contributed by atoms with E-state index in [4.69, 9.17) is 0 Å². The molecular weight excluding hydrogens is 232 g/mol. The molecule has 0 spiro atoms. The van der Waals surface area contributed by atoms with Gasteiger partial charge in [0.2, 0.25) is 0 Å². The lowest BCUT2D eigenvalue weighted by Crippen LogP contribution is -1.89. The van der Waals surface area contributed by atoms with E-state index >= 15 is 0 Å². The Morgan fingerprint density at radius 3 is 2.00 bits per heavy atom. The first kappa shape index (κ1) is 11.6. The van der Waals surface area contributed by atoms with Gasteiger partial charge < -0.3 is 0 Å². The van der Waals surface area contributed by atoms with Gasteiger partial charge in [-0.2, -0.15) is 0 Å². The van der Waals surface area contributed by atoms with Crippen molar-refractivity contribution < 1.29 is 0 Å². The molecule has 0 N–H and O–H groups in total. The molecule has 3 aromatic rings. The molecule has 3 rings (SSSR count). The number of nitrogens with zero attached hydrogens (tertiary/aromatic N) is 2. The number of aromatic nitrogens is 2. The maximum absolute atomic E-state index is 4.09. The van der Waals surface area contributed by atoms with E-state index in [0.29, 0.717) is 0 Å². The van der Waals surface area contributed by atoms with Crippen LogP contribution in [-0.4, -0.2) is 9.97 Å². The zero-order valence-electron chi connectivity index (χ0n) is 10.7. The molecule has 0 bridgehead atoms. The predicted molar refractivity (Wildman–Crippen MR) is 77.6 cm³/mol. The smallest absolute Gasteiger partial charge is 0.115 e. The molecule has 0 atom stereocenters. The predicted octanol–water partition coefficient (Wildman–Crippen LogP) is 4.12. The average Bonchev–Trinajstić information content (AvgIpc) is 2.49. The maximum Gasteiger partial charge on any atom is 0.115 e. The number of hydrogen-bond donors (Lipinski definition) is 0. The highest BCUT2D eigenvalue weighted by molar-refractivity contribution is 5.77. The summed E-state index contributed by atoms with van der Waals surface area (Å²) in [5.74, 6) is 0. The lowest BCUT2D eigenvalue weighted by Gasteiger charge is -2.11. The van der Waals surface area contributed by atoms with E-state index in [1.54, 1.807) is 6.33 Å². The Morgan fingerprint density at radius 2 is 1.32 bits per heavy atom. The Kier molecular flexibility index (Phi) is 3.07. The van der Waals surface area contributed by atoms with E-state index in [9.17, 15) is 0 Å². The third-order valence-electron chi connectivity index (χ3n) is 3.29. The third-order valence-corrected chi connectivity index (χ3v) is 3.29. The summed E-state index contributed by atoms with van der Waals surface area (Å²) in [6.07, 6.45) is 5.26. The second kappa shape index (κ2) is 5.02. The van der Waals surface area contributed by atoms with E-state index in [2.05, 4.69) is 59.4 Å². The molecule has 2 heteroatoms. The molecule has 0 unspecified atom stereocenters. The minimum atomic E-state index is 1.05. The summed E-state index contributed by atoms with van der Waals surface area (Å²) in [7, 11) is 0. The molecule has 2 aromatic carbocycles. The van der Waals surface area contributed by atoms with Crippen LogP contribution in [0.2, 0.25) is 0 Å². The van der Waals surface area contributed by atoms with Crippen LogP contribution in [0.1, 0.15) is 5.56 Å². The van der Waals surface area contributed by atoms with Gasteiger partial charge in [-0.25, -0.2) is 9.97 Å². The van der Waals surface area contributed by atoms with Gasteiger partial charge in [-0.05, 0) is 29.2 Å². The van der Waals surface area contributed by atoms with Crippen LogP contribution in [0.5, 0.6) is 0 Å². The highest BCUT2D eigenvalue weighted by Crippen LogP contribution is 2.30. The average molecular weight is 246 g/mol. The summed E-state index contributed by atoms with van der Waals surface area (Å²) in [5.41, 5.74) is 5.98. The molecule has 92 valence electrons. The number of benzene rings is 2. The first-order chi connectivity index (χ1) is 9.36. The normalized spacial score (nSPS) is 10.4. The maximum atomic E-state index is 4.09. The van der Waals surface area contributed by atoms with Crippen LogP contribution < -0.4 is 0 Å². The minimum Gasteiger partial charge on any atom is -0.244 e. The summed E-state index contributed by atoms with van der Waals surface area (Å²) in [5, 5.41) is 0. The van der Waals surface area contributed by atoms with E-state index in [0.717, 1.165) is 5.56 Å². The highest BCUT2D eigenvalue weighted by atomic mass is 14.8. The molecule has 1 aromatic heterocycles. The topological polar surface area (TPSA) is 25.8 Å². The molecule has 0 saturated heterocycles. The Morgan fingerprint density at radius 1 is 0.684 bits per heavy atom. The Balaban J connectivity index is 2.15. The number of rotatable bonds is 2. The molecular formula is C17H14N2. The molecule has 0 aliphatic carbocycles. The van der Waals surface area contributed by atoms with Crippen molar-refractivity contribution in [1.29, 1.82) is 0 Å². The van der Waals surface area contributed by atoms with Gasteiger partial charge in [0.05, 0.1) is 0 Å². The lowest BCUT2D eigenvalue weighted by molar-refractivity contribution is 1.17. The summed E-state index contributed by atoms with van der Waals surface area (Å²) in [4.78, 5) is 8.19. The molecule has 0 aliphatic heterocycles. The van der Waals surface area contributed by atoms with Crippen LogP contribution in [0.4, 0.5) is 0 Å². The van der Waals surface area contributed by atoms with E-state index in [1.165, 1.54) is 22.3 Å². The molecule has 0 amide bonds. The van der Waals surface area contributed by atoms with Crippen molar-refractivity contribution in [2.75, 3.05) is 0 Å². The fourth-order valence-electron chi connectivity index (χ4n) is 2.32. The standard InChI is InChI=1S/C17H14N2/c1-13-16(14-6-3-2-4-7-14)8-5-9-17(13)15-10-18-12-19-11-15/h2-12H,1H3. The van der Waals surface area contributed by atoms with Crippen LogP contribution in [0.25, 0.3) is 22.3 Å². The van der Waals surface area contributed by atoms with Gasteiger partial charge in [-0.15, -0.1) is 0 Å². The summed E-state index contributed by atoms with van der Waals surface area (Å²) >= 11 is 0. The summed E-state index contributed by atoms with van der Waals surface area (Å²) in [6, 6.07) is 16.8. The van der Waals surface area contributed by atoms with Crippen molar-refractivity contribution in [3.63, 3.8) is 0 Å². The lowest BCUT2D eigenvalue weighted by atomic mass is 9.94. The van der Waals surface area contributed by atoms with Crippen LogP contribution in [0.3, 0.4) is 0 Å². The highest BCUT2D eigenvalue weighted by Gasteiger charge is 2.07. The second-order valence-corrected chi connectivity index (χ2v) is 4.47. The monoisotopic (exact) mass is 246 g/mol. The molecule has 1 heterocycles. The first-order valence-corrected chi connectivity index (χ1v) is 6.26. The molecule has 2 nitrogen and oxygen atoms in total. The Hall–Kier alpha value is -2.48. The zero-order chi connectivity index (χ0) is 13.1. The van der Waals surface area contributed by atoms with Crippen molar-refractivity contribution in [3.8, 4) is 22.3 Å². The first-order valence-electron chi connectivity index (χ1n) is 6.26. The largest absolute Gasteiger partial charge is 0.244 e. The summed E-state index contributed by atoms with van der Waals surface area (Å²) < 4.78 is 0. The minimum absolute atomic E-state index is 1.05. The van der Waals surface area contributed by atoms with Crippen molar-refractivity contribution in [3.05, 3.63) is 72.8 Å². The van der Waals surface area contributed by atoms with Crippen LogP contribution in [0, 0.1) is 6.92 Å². The van der Waals surface area contributed by atoms with E-state index < -0.39 is 0 Å². The zero-order valence-corrected chi connectivity index (χ0v) is 10.7.